The molecule has 0 N–H and O–H groups in total. The fourth-order valence-electron chi connectivity index (χ4n) is 2.46. The molecular weight excluding hydrogens is 308 g/mol. The second-order valence-corrected chi connectivity index (χ2v) is 6.31. The number of aromatic nitrogens is 4. The Morgan fingerprint density at radius 3 is 2.30 bits per heavy atom. The number of tetrazole rings is 1. The molecule has 0 saturated heterocycles. The van der Waals surface area contributed by atoms with Gasteiger partial charge in [-0.15, -0.1) is 10.2 Å². The van der Waals surface area contributed by atoms with Crippen LogP contribution in [0, 0.1) is 0 Å². The van der Waals surface area contributed by atoms with Crippen LogP contribution in [-0.4, -0.2) is 20.2 Å². The van der Waals surface area contributed by atoms with E-state index in [1.807, 2.05) is 43.3 Å². The molecule has 4 nitrogen and oxygen atoms in total. The number of rotatable bonds is 4. The molecule has 0 radical (unpaired) electrons. The Kier molecular flexibility index (Phi) is 4.44. The van der Waals surface area contributed by atoms with E-state index < -0.39 is 0 Å². The molecule has 1 atom stereocenters. The van der Waals surface area contributed by atoms with Crippen molar-refractivity contribution < 1.29 is 0 Å². The molecule has 0 fully saturated rings. The van der Waals surface area contributed by atoms with Gasteiger partial charge in [0.2, 0.25) is 5.82 Å². The zero-order valence-corrected chi connectivity index (χ0v) is 14.2. The average molecular weight is 327 g/mol. The maximum absolute atomic E-state index is 6.25. The van der Waals surface area contributed by atoms with Crippen LogP contribution in [0.15, 0.2) is 48.5 Å². The molecule has 0 spiro atoms. The van der Waals surface area contributed by atoms with Gasteiger partial charge >= 0.3 is 0 Å². The zero-order chi connectivity index (χ0) is 16.4. The molecule has 0 aliphatic rings. The van der Waals surface area contributed by atoms with Crippen LogP contribution in [0.25, 0.3) is 11.4 Å². The van der Waals surface area contributed by atoms with Gasteiger partial charge in [0.15, 0.2) is 0 Å². The third kappa shape index (κ3) is 3.27. The molecule has 3 rings (SSSR count). The highest BCUT2D eigenvalue weighted by molar-refractivity contribution is 6.31. The van der Waals surface area contributed by atoms with Gasteiger partial charge in [-0.3, -0.25) is 0 Å². The molecule has 0 aliphatic heterocycles. The Bertz CT molecular complexity index is 793. The Hall–Kier alpha value is -2.20. The first kappa shape index (κ1) is 15.7. The van der Waals surface area contributed by atoms with Crippen LogP contribution >= 0.6 is 11.6 Å². The van der Waals surface area contributed by atoms with Gasteiger partial charge in [0.1, 0.15) is 0 Å². The van der Waals surface area contributed by atoms with Crippen molar-refractivity contribution in [2.75, 3.05) is 0 Å². The normalized spacial score (nSPS) is 12.6. The molecule has 0 bridgehead atoms. The van der Waals surface area contributed by atoms with Crippen LogP contribution in [0.5, 0.6) is 0 Å². The van der Waals surface area contributed by atoms with Crippen LogP contribution in [0.3, 0.4) is 0 Å². The summed E-state index contributed by atoms with van der Waals surface area (Å²) in [6.45, 7) is 6.36. The summed E-state index contributed by atoms with van der Waals surface area (Å²) >= 11 is 6.25. The molecule has 1 aromatic heterocycles. The quantitative estimate of drug-likeness (QED) is 0.696. The lowest BCUT2D eigenvalue weighted by Gasteiger charge is -2.11. The number of hydrogen-bond donors (Lipinski definition) is 0. The van der Waals surface area contributed by atoms with Gasteiger partial charge in [-0.05, 0) is 35.2 Å². The first-order valence-electron chi connectivity index (χ1n) is 7.70. The predicted octanol–water partition coefficient (Wildman–Crippen LogP) is 4.73. The van der Waals surface area contributed by atoms with E-state index in [0.29, 0.717) is 16.8 Å². The van der Waals surface area contributed by atoms with Crippen molar-refractivity contribution >= 4 is 11.6 Å². The van der Waals surface area contributed by atoms with E-state index in [1.165, 1.54) is 5.56 Å². The number of halogens is 1. The van der Waals surface area contributed by atoms with Crippen molar-refractivity contribution in [3.8, 4) is 11.4 Å². The Morgan fingerprint density at radius 1 is 0.957 bits per heavy atom. The van der Waals surface area contributed by atoms with Crippen molar-refractivity contribution in [3.63, 3.8) is 0 Å². The van der Waals surface area contributed by atoms with Gasteiger partial charge in [-0.25, -0.2) is 0 Å². The molecule has 23 heavy (non-hydrogen) atoms. The SMILES string of the molecule is CC(C)c1ccc(-c2nnn([C@@H](C)c3ccccc3Cl)n2)cc1. The van der Waals surface area contributed by atoms with Gasteiger partial charge in [0.05, 0.1) is 6.04 Å². The first-order chi connectivity index (χ1) is 11.1. The summed E-state index contributed by atoms with van der Waals surface area (Å²) in [7, 11) is 0. The summed E-state index contributed by atoms with van der Waals surface area (Å²) in [6.07, 6.45) is 0. The van der Waals surface area contributed by atoms with Gasteiger partial charge in [0, 0.05) is 10.6 Å². The molecule has 3 aromatic rings. The molecule has 118 valence electrons. The lowest BCUT2D eigenvalue weighted by molar-refractivity contribution is 0.481. The van der Waals surface area contributed by atoms with E-state index in [4.69, 9.17) is 11.6 Å². The number of nitrogens with zero attached hydrogens (tertiary/aromatic N) is 4. The monoisotopic (exact) mass is 326 g/mol. The van der Waals surface area contributed by atoms with E-state index in [0.717, 1.165) is 11.1 Å². The smallest absolute Gasteiger partial charge is 0.156 e. The topological polar surface area (TPSA) is 43.6 Å². The third-order valence-electron chi connectivity index (χ3n) is 3.97. The molecular formula is C18H19ClN4. The van der Waals surface area contributed by atoms with Crippen molar-refractivity contribution in [1.29, 1.82) is 0 Å². The number of benzene rings is 2. The minimum absolute atomic E-state index is 0.0695. The summed E-state index contributed by atoms with van der Waals surface area (Å²) in [4.78, 5) is 1.60. The molecule has 1 heterocycles. The Balaban J connectivity index is 1.87. The van der Waals surface area contributed by atoms with Crippen LogP contribution in [-0.2, 0) is 0 Å². The van der Waals surface area contributed by atoms with Gasteiger partial charge in [0.25, 0.3) is 0 Å². The standard InChI is InChI=1S/C18H19ClN4/c1-12(2)14-8-10-15(11-9-14)18-20-22-23(21-18)13(3)16-6-4-5-7-17(16)19/h4-13H,1-3H3/t13-/m0/s1. The minimum Gasteiger partial charge on any atom is -0.156 e. The highest BCUT2D eigenvalue weighted by Gasteiger charge is 2.15. The minimum atomic E-state index is -0.0695. The van der Waals surface area contributed by atoms with E-state index in [-0.39, 0.29) is 6.04 Å². The largest absolute Gasteiger partial charge is 0.204 e. The van der Waals surface area contributed by atoms with Crippen molar-refractivity contribution in [2.45, 2.75) is 32.7 Å². The fourth-order valence-corrected chi connectivity index (χ4v) is 2.75. The second kappa shape index (κ2) is 6.50. The maximum Gasteiger partial charge on any atom is 0.204 e. The fraction of sp³-hybridized carbons (Fsp3) is 0.278. The van der Waals surface area contributed by atoms with Gasteiger partial charge in [-0.2, -0.15) is 4.80 Å². The molecule has 0 unspecified atom stereocenters. The number of hydrogen-bond acceptors (Lipinski definition) is 3. The van der Waals surface area contributed by atoms with E-state index in [2.05, 4.69) is 41.4 Å². The first-order valence-corrected chi connectivity index (χ1v) is 8.08. The van der Waals surface area contributed by atoms with Crippen molar-refractivity contribution in [1.82, 2.24) is 20.2 Å². The van der Waals surface area contributed by atoms with E-state index in [9.17, 15) is 0 Å². The maximum atomic E-state index is 6.25. The summed E-state index contributed by atoms with van der Waals surface area (Å²) in [5.74, 6) is 1.13. The lowest BCUT2D eigenvalue weighted by atomic mass is 10.0. The Morgan fingerprint density at radius 2 is 1.65 bits per heavy atom. The third-order valence-corrected chi connectivity index (χ3v) is 4.31. The highest BCUT2D eigenvalue weighted by atomic mass is 35.5. The lowest BCUT2D eigenvalue weighted by Crippen LogP contribution is -2.11. The van der Waals surface area contributed by atoms with Crippen LogP contribution in [0.2, 0.25) is 5.02 Å². The predicted molar refractivity (Wildman–Crippen MR) is 92.6 cm³/mol. The van der Waals surface area contributed by atoms with Gasteiger partial charge in [-0.1, -0.05) is 67.9 Å². The van der Waals surface area contributed by atoms with Crippen molar-refractivity contribution in [2.24, 2.45) is 0 Å². The van der Waals surface area contributed by atoms with E-state index >= 15 is 0 Å². The average Bonchev–Trinajstić information content (AvgIpc) is 3.05. The molecule has 0 amide bonds. The van der Waals surface area contributed by atoms with E-state index in [1.54, 1.807) is 4.80 Å². The molecule has 2 aromatic carbocycles. The zero-order valence-electron chi connectivity index (χ0n) is 13.4. The summed E-state index contributed by atoms with van der Waals surface area (Å²) in [5, 5.41) is 13.6. The Labute approximate surface area is 141 Å². The van der Waals surface area contributed by atoms with Crippen LogP contribution in [0.4, 0.5) is 0 Å². The summed E-state index contributed by atoms with van der Waals surface area (Å²) < 4.78 is 0. The molecule has 0 aliphatic carbocycles. The summed E-state index contributed by atoms with van der Waals surface area (Å²) in [5.41, 5.74) is 3.24. The summed E-state index contributed by atoms with van der Waals surface area (Å²) in [6, 6.07) is 15.9. The van der Waals surface area contributed by atoms with Crippen molar-refractivity contribution in [3.05, 3.63) is 64.7 Å². The molecule has 0 saturated carbocycles. The van der Waals surface area contributed by atoms with Crippen LogP contribution < -0.4 is 0 Å². The molecule has 5 heteroatoms. The highest BCUT2D eigenvalue weighted by Crippen LogP contribution is 2.25. The van der Waals surface area contributed by atoms with Crippen LogP contribution in [0.1, 0.15) is 43.9 Å². The second-order valence-electron chi connectivity index (χ2n) is 5.91. The van der Waals surface area contributed by atoms with Gasteiger partial charge < -0.3 is 0 Å².